The van der Waals surface area contributed by atoms with Gasteiger partial charge >= 0.3 is 41.4 Å². The van der Waals surface area contributed by atoms with Crippen LogP contribution >= 0.6 is 0 Å². The van der Waals surface area contributed by atoms with Crippen LogP contribution < -0.4 is 22.4 Å². The van der Waals surface area contributed by atoms with Gasteiger partial charge in [0.2, 0.25) is 0 Å². The third-order valence-corrected chi connectivity index (χ3v) is 5.96. The van der Waals surface area contributed by atoms with Gasteiger partial charge in [-0.15, -0.1) is 22.1 Å². The Hall–Kier alpha value is -4.07. The standard InChI is InChI=1S/C26H15F6N4O4.ClH.Mn/c1-39-23(37)19-11-3-7-15(33-11)21(25(27,28)29)17-9-5-13(35-17)20(24(38)40-2)14-6-10-18(36-14)22(26(30,31)32)16-8-4-12(19)34-16;;/h3-10H,1-2H3,(H-,33,34,35,36,37,38);1H;/q-1;;+3/p-2. The average molecular weight is 651 g/mol. The van der Waals surface area contributed by atoms with Crippen molar-refractivity contribution in [2.45, 2.75) is 12.4 Å². The average Bonchev–Trinajstić information content (AvgIpc) is 3.67. The number of rotatable bonds is 2. The van der Waals surface area contributed by atoms with Crippen LogP contribution in [0, 0.1) is 0 Å². The fraction of sp³-hybridized carbons (Fsp3) is 0.154. The Morgan fingerprint density at radius 1 is 0.619 bits per heavy atom. The molecule has 0 atom stereocenters. The molecule has 0 aliphatic carbocycles. The van der Waals surface area contributed by atoms with Gasteiger partial charge in [-0.3, -0.25) is 0 Å². The number of hydrogen-bond donors (Lipinski definition) is 0. The fourth-order valence-electron chi connectivity index (χ4n) is 4.29. The van der Waals surface area contributed by atoms with Crippen LogP contribution in [0.1, 0.15) is 54.6 Å². The third kappa shape index (κ3) is 5.67. The number of carbonyl (C=O) groups excluding carboxylic acids is 2. The molecule has 0 aromatic carbocycles. The first-order chi connectivity index (χ1) is 18.8. The molecule has 2 aliphatic heterocycles. The first-order valence-electron chi connectivity index (χ1n) is 11.2. The van der Waals surface area contributed by atoms with E-state index in [0.29, 0.717) is 0 Å². The van der Waals surface area contributed by atoms with Gasteiger partial charge in [-0.05, 0) is 24.3 Å². The Balaban J connectivity index is 0.00000242. The molecule has 0 unspecified atom stereocenters. The summed E-state index contributed by atoms with van der Waals surface area (Å²) >= 11 is 0. The number of ether oxygens (including phenoxy) is 2. The van der Waals surface area contributed by atoms with Gasteiger partial charge in [-0.1, -0.05) is 24.3 Å². The molecule has 0 amide bonds. The Labute approximate surface area is 248 Å². The maximum Gasteiger partial charge on any atom is 3.00 e. The first-order valence-corrected chi connectivity index (χ1v) is 11.2. The smallest absolute Gasteiger partial charge is 1.00 e. The maximum atomic E-state index is 14.3. The number of hydrogen-bond acceptors (Lipinski definition) is 6. The van der Waals surface area contributed by atoms with E-state index in [1.54, 1.807) is 0 Å². The molecular weight excluding hydrogens is 637 g/mol. The second-order valence-electron chi connectivity index (χ2n) is 8.34. The van der Waals surface area contributed by atoms with Crippen LogP contribution in [0.5, 0.6) is 0 Å². The second-order valence-corrected chi connectivity index (χ2v) is 8.34. The maximum absolute atomic E-state index is 14.3. The minimum Gasteiger partial charge on any atom is -1.00 e. The van der Waals surface area contributed by atoms with Crippen molar-refractivity contribution in [3.63, 3.8) is 0 Å². The predicted octanol–water partition coefficient (Wildman–Crippen LogP) is 2.53. The summed E-state index contributed by atoms with van der Waals surface area (Å²) in [6.07, 6.45) is -5.88. The molecule has 2 aliphatic rings. The number of nitrogens with zero attached hydrogens (tertiary/aromatic N) is 4. The van der Waals surface area contributed by atoms with Crippen LogP contribution in [-0.2, 0) is 38.9 Å². The zero-order valence-electron chi connectivity index (χ0n) is 21.1. The van der Waals surface area contributed by atoms with Gasteiger partial charge in [0.1, 0.15) is 0 Å². The molecular formula is C26H14ClF6MnN4O4. The van der Waals surface area contributed by atoms with Crippen LogP contribution in [0.3, 0.4) is 0 Å². The van der Waals surface area contributed by atoms with Crippen molar-refractivity contribution >= 4 is 58.3 Å². The largest absolute Gasteiger partial charge is 3.00 e. The number of fused-ring (bicyclic) bond motifs is 8. The minimum atomic E-state index is -4.99. The van der Waals surface area contributed by atoms with Gasteiger partial charge in [0.05, 0.1) is 59.2 Å². The van der Waals surface area contributed by atoms with E-state index < -0.39 is 69.0 Å². The Morgan fingerprint density at radius 3 is 1.24 bits per heavy atom. The zero-order chi connectivity index (χ0) is 29.0. The second kappa shape index (κ2) is 11.7. The molecule has 5 heterocycles. The predicted molar refractivity (Wildman–Crippen MR) is 129 cm³/mol. The van der Waals surface area contributed by atoms with Gasteiger partial charge in [0.15, 0.2) is 0 Å². The van der Waals surface area contributed by atoms with Gasteiger partial charge < -0.3 is 31.8 Å². The molecule has 0 N–H and O–H groups in total. The molecule has 5 rings (SSSR count). The van der Waals surface area contributed by atoms with E-state index in [4.69, 9.17) is 9.47 Å². The number of carbonyl (C=O) groups is 2. The summed E-state index contributed by atoms with van der Waals surface area (Å²) in [7, 11) is 1.98. The van der Waals surface area contributed by atoms with Crippen LogP contribution in [0.15, 0.2) is 24.3 Å². The minimum absolute atomic E-state index is 0. The normalized spacial score (nSPS) is 12.4. The van der Waals surface area contributed by atoms with Crippen molar-refractivity contribution in [3.05, 3.63) is 69.3 Å². The molecule has 0 spiro atoms. The van der Waals surface area contributed by atoms with Gasteiger partial charge in [0, 0.05) is 0 Å². The van der Waals surface area contributed by atoms with Gasteiger partial charge in [0.25, 0.3) is 0 Å². The van der Waals surface area contributed by atoms with E-state index in [2.05, 4.69) is 19.9 Å². The molecule has 16 heteroatoms. The van der Waals surface area contributed by atoms with Crippen molar-refractivity contribution in [1.29, 1.82) is 0 Å². The molecule has 8 bridgehead atoms. The SMILES string of the molecule is COC(=O)c1c2nc(c(C(F)(F)F)c3ccc([n-]3)c(C(=O)OC)c3nc(c(C(F)(F)F)c4ccc1[n-]4)C=C3)C=C2.[Cl-].[Mn+3]. The summed E-state index contributed by atoms with van der Waals surface area (Å²) in [5.74, 6) is -2.17. The van der Waals surface area contributed by atoms with Crippen LogP contribution in [-0.4, -0.2) is 36.1 Å². The monoisotopic (exact) mass is 650 g/mol. The molecule has 42 heavy (non-hydrogen) atoms. The molecule has 0 saturated carbocycles. The number of esters is 2. The Bertz CT molecular complexity index is 1680. The summed E-state index contributed by atoms with van der Waals surface area (Å²) < 4.78 is 95.1. The van der Waals surface area contributed by atoms with E-state index >= 15 is 0 Å². The van der Waals surface area contributed by atoms with Crippen molar-refractivity contribution in [1.82, 2.24) is 19.9 Å². The topological polar surface area (TPSA) is 107 Å². The van der Waals surface area contributed by atoms with E-state index in [1.165, 1.54) is 0 Å². The zero-order valence-corrected chi connectivity index (χ0v) is 23.0. The number of alkyl halides is 6. The van der Waals surface area contributed by atoms with Crippen molar-refractivity contribution in [2.24, 2.45) is 0 Å². The molecule has 0 radical (unpaired) electrons. The van der Waals surface area contributed by atoms with Crippen molar-refractivity contribution in [2.75, 3.05) is 14.2 Å². The fourth-order valence-corrected chi connectivity index (χ4v) is 4.29. The molecule has 0 fully saturated rings. The Morgan fingerprint density at radius 2 is 0.929 bits per heavy atom. The van der Waals surface area contributed by atoms with E-state index in [9.17, 15) is 35.9 Å². The number of aromatic nitrogens is 4. The van der Waals surface area contributed by atoms with Crippen molar-refractivity contribution < 1.29 is 74.9 Å². The summed E-state index contributed by atoms with van der Waals surface area (Å²) in [6.45, 7) is 0. The third-order valence-electron chi connectivity index (χ3n) is 5.96. The van der Waals surface area contributed by atoms with Gasteiger partial charge in [-0.2, -0.15) is 26.3 Å². The van der Waals surface area contributed by atoms with Crippen molar-refractivity contribution in [3.8, 4) is 0 Å². The molecule has 3 aromatic rings. The Kier molecular flexibility index (Phi) is 9.01. The molecule has 218 valence electrons. The summed E-state index contributed by atoms with van der Waals surface area (Å²) in [6, 6.07) is 4.10. The summed E-state index contributed by atoms with van der Waals surface area (Å²) in [4.78, 5) is 41.0. The summed E-state index contributed by atoms with van der Waals surface area (Å²) in [5.41, 5.74) is -7.32. The van der Waals surface area contributed by atoms with E-state index in [1.807, 2.05) is 0 Å². The van der Waals surface area contributed by atoms with Gasteiger partial charge in [-0.25, -0.2) is 19.6 Å². The molecule has 3 aromatic heterocycles. The first kappa shape index (κ1) is 32.4. The van der Waals surface area contributed by atoms with Crippen LogP contribution in [0.2, 0.25) is 0 Å². The van der Waals surface area contributed by atoms with Crippen LogP contribution in [0.4, 0.5) is 26.3 Å². The van der Waals surface area contributed by atoms with Crippen LogP contribution in [0.25, 0.3) is 46.4 Å². The quantitative estimate of drug-likeness (QED) is 0.163. The van der Waals surface area contributed by atoms with E-state index in [0.717, 1.165) is 62.8 Å². The molecule has 8 nitrogen and oxygen atoms in total. The molecule has 0 saturated heterocycles. The number of halogens is 7. The number of methoxy groups -OCH3 is 2. The summed E-state index contributed by atoms with van der Waals surface area (Å²) in [5, 5.41) is 0. The van der Waals surface area contributed by atoms with E-state index in [-0.39, 0.29) is 51.9 Å².